The van der Waals surface area contributed by atoms with Gasteiger partial charge in [-0.15, -0.1) is 0 Å². The Kier molecular flexibility index (Phi) is 11.9. The number of Topliss-reactive ketones (excluding diaryl/α,β-unsaturated/α-hetero) is 2. The Bertz CT molecular complexity index is 2280. The number of esters is 3. The van der Waals surface area contributed by atoms with Crippen molar-refractivity contribution in [2.24, 2.45) is 22.7 Å². The van der Waals surface area contributed by atoms with Crippen LogP contribution in [0.2, 0.25) is 0 Å². The Morgan fingerprint density at radius 3 is 1.98 bits per heavy atom. The molecule has 1 heterocycles. The molecular formula is C48H53NO13. The molecule has 0 aromatic heterocycles. The Hall–Kier alpha value is -5.54. The van der Waals surface area contributed by atoms with Crippen molar-refractivity contribution in [2.45, 2.75) is 109 Å². The lowest BCUT2D eigenvalue weighted by atomic mass is 9.44. The Balaban J connectivity index is 1.39. The van der Waals surface area contributed by atoms with Crippen molar-refractivity contribution >= 4 is 35.4 Å². The van der Waals surface area contributed by atoms with Crippen LogP contribution in [0.3, 0.4) is 0 Å². The molecule has 3 aromatic rings. The van der Waals surface area contributed by atoms with E-state index in [0.29, 0.717) is 16.7 Å². The quantitative estimate of drug-likeness (QED) is 0.120. The molecule has 4 N–H and O–H groups in total. The van der Waals surface area contributed by atoms with Crippen molar-refractivity contribution in [3.05, 3.63) is 119 Å². The molecule has 2 bridgehead atoms. The van der Waals surface area contributed by atoms with Gasteiger partial charge in [-0.2, -0.15) is 0 Å². The van der Waals surface area contributed by atoms with Gasteiger partial charge in [0.2, 0.25) is 0 Å². The first-order valence-corrected chi connectivity index (χ1v) is 20.8. The highest BCUT2D eigenvalue weighted by Gasteiger charge is 2.78. The van der Waals surface area contributed by atoms with Gasteiger partial charge in [0, 0.05) is 37.7 Å². The standard InChI is InChI=1S/C48H53NO13/c1-26-32(22-33(52)38(54)37(29-16-10-7-11-17-29)49-43(56)30-18-12-8-13-19-30)24-48(58)42(61-44(57)31-20-14-9-15-21-31)40-46(6,34(53)23-35-47(40,25-59-35)62-28(3)51)41(55)39(60-27(2)50)36(26)45(48,4)5/h7-21,32,34-35,37-40,42,53-54,58H,22-25H2,1-6H3,(H,49,56)/t32-,34-,35+,37-,38-,39+,40?,42-,46+,47-,48+/m0/s1. The van der Waals surface area contributed by atoms with Crippen LogP contribution in [0, 0.1) is 22.7 Å². The van der Waals surface area contributed by atoms with Crippen molar-refractivity contribution in [3.63, 3.8) is 0 Å². The molecule has 0 spiro atoms. The Morgan fingerprint density at radius 2 is 1.44 bits per heavy atom. The zero-order valence-corrected chi connectivity index (χ0v) is 35.5. The van der Waals surface area contributed by atoms with Gasteiger partial charge in [0.25, 0.3) is 5.91 Å². The van der Waals surface area contributed by atoms with Crippen LogP contribution in [0.25, 0.3) is 0 Å². The molecule has 62 heavy (non-hydrogen) atoms. The number of nitrogens with one attached hydrogen (secondary N) is 1. The summed E-state index contributed by atoms with van der Waals surface area (Å²) in [6.45, 7) is 8.32. The van der Waals surface area contributed by atoms with Crippen LogP contribution >= 0.6 is 0 Å². The fourth-order valence-corrected chi connectivity index (χ4v) is 10.6. The molecule has 11 atom stereocenters. The van der Waals surface area contributed by atoms with Crippen LogP contribution in [0.4, 0.5) is 0 Å². The predicted molar refractivity (Wildman–Crippen MR) is 221 cm³/mol. The summed E-state index contributed by atoms with van der Waals surface area (Å²) >= 11 is 0. The average molecular weight is 852 g/mol. The van der Waals surface area contributed by atoms with Crippen molar-refractivity contribution in [2.75, 3.05) is 6.61 Å². The number of ether oxygens (including phenoxy) is 4. The van der Waals surface area contributed by atoms with E-state index in [0.717, 1.165) is 6.92 Å². The molecular weight excluding hydrogens is 799 g/mol. The van der Waals surface area contributed by atoms with Crippen molar-refractivity contribution in [3.8, 4) is 0 Å². The second kappa shape index (κ2) is 16.6. The van der Waals surface area contributed by atoms with Crippen molar-refractivity contribution in [1.29, 1.82) is 0 Å². The fourth-order valence-electron chi connectivity index (χ4n) is 10.6. The monoisotopic (exact) mass is 851 g/mol. The molecule has 1 aliphatic heterocycles. The maximum atomic E-state index is 15.5. The number of rotatable bonds is 11. The van der Waals surface area contributed by atoms with Gasteiger partial charge in [-0.1, -0.05) is 86.2 Å². The van der Waals surface area contributed by atoms with E-state index in [1.807, 2.05) is 0 Å². The maximum absolute atomic E-state index is 15.5. The molecule has 14 heteroatoms. The highest BCUT2D eigenvalue weighted by atomic mass is 16.6. The first-order chi connectivity index (χ1) is 29.3. The number of ketones is 2. The van der Waals surface area contributed by atoms with E-state index in [2.05, 4.69) is 5.32 Å². The lowest BCUT2D eigenvalue weighted by Gasteiger charge is -2.67. The zero-order chi connectivity index (χ0) is 44.9. The number of aliphatic hydroxyl groups excluding tert-OH is 2. The highest BCUT2D eigenvalue weighted by Crippen LogP contribution is 2.65. The number of allylic oxidation sites excluding steroid dienone is 1. The molecule has 1 saturated heterocycles. The molecule has 328 valence electrons. The van der Waals surface area contributed by atoms with E-state index < -0.39 is 112 Å². The Labute approximate surface area is 359 Å². The summed E-state index contributed by atoms with van der Waals surface area (Å²) in [4.78, 5) is 83.8. The first-order valence-electron chi connectivity index (χ1n) is 20.8. The van der Waals surface area contributed by atoms with E-state index in [9.17, 15) is 39.3 Å². The molecule has 1 amide bonds. The molecule has 0 radical (unpaired) electrons. The second-order valence-electron chi connectivity index (χ2n) is 17.8. The third-order valence-corrected chi connectivity index (χ3v) is 13.9. The maximum Gasteiger partial charge on any atom is 0.338 e. The molecule has 14 nitrogen and oxygen atoms in total. The van der Waals surface area contributed by atoms with Crippen LogP contribution in [0.15, 0.2) is 102 Å². The van der Waals surface area contributed by atoms with Crippen LogP contribution in [0.5, 0.6) is 0 Å². The Morgan fingerprint density at radius 1 is 0.855 bits per heavy atom. The van der Waals surface area contributed by atoms with Gasteiger partial charge in [-0.05, 0) is 61.6 Å². The average Bonchev–Trinajstić information content (AvgIpc) is 3.24. The van der Waals surface area contributed by atoms with Crippen molar-refractivity contribution in [1.82, 2.24) is 5.32 Å². The van der Waals surface area contributed by atoms with E-state index in [1.54, 1.807) is 99.6 Å². The minimum atomic E-state index is -2.27. The molecule has 4 aliphatic rings. The minimum Gasteiger partial charge on any atom is -0.455 e. The molecule has 2 saturated carbocycles. The van der Waals surface area contributed by atoms with Gasteiger partial charge < -0.3 is 39.6 Å². The lowest BCUT2D eigenvalue weighted by Crippen LogP contribution is -2.81. The SMILES string of the molecule is CC(=O)O[C@H]1C(=O)[C@@]2(C)C([C@H](OC(=O)c3ccccc3)[C@]3(O)C[C@H](CC(=O)[C@H](O)[C@@H](NC(=O)c4ccccc4)c4ccccc4)C(C)=C1C3(C)C)[C@]1(OC(C)=O)CO[C@@H]1C[C@@H]2O. The summed E-state index contributed by atoms with van der Waals surface area (Å²) in [5.41, 5.74) is -6.23. The minimum absolute atomic E-state index is 0.100. The lowest BCUT2D eigenvalue weighted by molar-refractivity contribution is -0.345. The highest BCUT2D eigenvalue weighted by molar-refractivity contribution is 5.96. The van der Waals surface area contributed by atoms with Crippen LogP contribution < -0.4 is 5.32 Å². The summed E-state index contributed by atoms with van der Waals surface area (Å²) in [7, 11) is 0. The second-order valence-corrected chi connectivity index (χ2v) is 17.8. The molecule has 3 aliphatic carbocycles. The van der Waals surface area contributed by atoms with Crippen LogP contribution in [-0.2, 0) is 38.1 Å². The topological polar surface area (TPSA) is 212 Å². The number of hydrogen-bond acceptors (Lipinski definition) is 13. The first kappa shape index (κ1) is 44.5. The normalized spacial score (nSPS) is 31.9. The van der Waals surface area contributed by atoms with Crippen LogP contribution in [0.1, 0.15) is 93.1 Å². The number of benzene rings is 3. The number of carbonyl (C=O) groups excluding carboxylic acids is 6. The fraction of sp³-hybridized carbons (Fsp3) is 0.458. The van der Waals surface area contributed by atoms with Gasteiger partial charge in [-0.25, -0.2) is 4.79 Å². The summed E-state index contributed by atoms with van der Waals surface area (Å²) < 4.78 is 24.3. The number of amides is 1. The van der Waals surface area contributed by atoms with E-state index >= 15 is 4.79 Å². The van der Waals surface area contributed by atoms with E-state index in [4.69, 9.17) is 18.9 Å². The van der Waals surface area contributed by atoms with Gasteiger partial charge in [0.15, 0.2) is 23.3 Å². The zero-order valence-electron chi connectivity index (χ0n) is 35.5. The van der Waals surface area contributed by atoms with E-state index in [1.165, 1.54) is 26.0 Å². The molecule has 3 fully saturated rings. The predicted octanol–water partition coefficient (Wildman–Crippen LogP) is 4.40. The summed E-state index contributed by atoms with van der Waals surface area (Å²) in [5, 5.41) is 40.5. The third kappa shape index (κ3) is 7.36. The number of hydrogen-bond donors (Lipinski definition) is 4. The molecule has 7 rings (SSSR count). The number of carbonyl (C=O) groups is 6. The molecule has 3 aromatic carbocycles. The van der Waals surface area contributed by atoms with E-state index in [-0.39, 0.29) is 30.6 Å². The van der Waals surface area contributed by atoms with Crippen LogP contribution in [-0.4, -0.2) is 99.0 Å². The number of aliphatic hydroxyl groups is 3. The largest absolute Gasteiger partial charge is 0.455 e. The van der Waals surface area contributed by atoms with Gasteiger partial charge in [-0.3, -0.25) is 24.0 Å². The summed E-state index contributed by atoms with van der Waals surface area (Å²) in [6.07, 6.45) is -8.78. The summed E-state index contributed by atoms with van der Waals surface area (Å²) in [5.74, 6) is -7.06. The van der Waals surface area contributed by atoms with Gasteiger partial charge >= 0.3 is 17.9 Å². The van der Waals surface area contributed by atoms with Gasteiger partial charge in [0.05, 0.1) is 35.6 Å². The number of fused-ring (bicyclic) bond motifs is 5. The third-order valence-electron chi connectivity index (χ3n) is 13.9. The molecule has 1 unspecified atom stereocenters. The summed E-state index contributed by atoms with van der Waals surface area (Å²) in [6, 6.07) is 23.5. The van der Waals surface area contributed by atoms with Crippen molar-refractivity contribution < 1.29 is 63.0 Å². The smallest absolute Gasteiger partial charge is 0.338 e. The van der Waals surface area contributed by atoms with Gasteiger partial charge in [0.1, 0.15) is 23.9 Å².